The second-order valence-corrected chi connectivity index (χ2v) is 9.27. The molecule has 5 rings (SSSR count). The van der Waals surface area contributed by atoms with Gasteiger partial charge in [0.25, 0.3) is 0 Å². The van der Waals surface area contributed by atoms with Crippen molar-refractivity contribution in [2.75, 3.05) is 5.32 Å². The van der Waals surface area contributed by atoms with Crippen molar-refractivity contribution >= 4 is 34.1 Å². The molecular formula is C24H19N5O2S2. The molecule has 1 unspecified atom stereocenters. The number of hydrogen-bond donors (Lipinski definition) is 1. The zero-order valence-corrected chi connectivity index (χ0v) is 19.2. The third-order valence-corrected chi connectivity index (χ3v) is 6.64. The molecule has 9 heteroatoms. The van der Waals surface area contributed by atoms with Crippen molar-refractivity contribution in [1.29, 1.82) is 0 Å². The van der Waals surface area contributed by atoms with Crippen LogP contribution in [0.3, 0.4) is 0 Å². The van der Waals surface area contributed by atoms with E-state index in [1.165, 1.54) is 23.1 Å². The highest BCUT2D eigenvalue weighted by atomic mass is 32.2. The van der Waals surface area contributed by atoms with Crippen LogP contribution in [0.25, 0.3) is 28.5 Å². The zero-order valence-electron chi connectivity index (χ0n) is 17.6. The molecule has 1 atom stereocenters. The fourth-order valence-electron chi connectivity index (χ4n) is 3.21. The van der Waals surface area contributed by atoms with Gasteiger partial charge < -0.3 is 9.73 Å². The van der Waals surface area contributed by atoms with Crippen molar-refractivity contribution in [1.82, 2.24) is 19.7 Å². The summed E-state index contributed by atoms with van der Waals surface area (Å²) < 4.78 is 7.44. The summed E-state index contributed by atoms with van der Waals surface area (Å²) >= 11 is 2.73. The Labute approximate surface area is 198 Å². The Hall–Kier alpha value is -3.69. The Kier molecular flexibility index (Phi) is 6.05. The van der Waals surface area contributed by atoms with E-state index in [0.717, 1.165) is 16.9 Å². The van der Waals surface area contributed by atoms with Crippen LogP contribution >= 0.6 is 23.1 Å². The highest BCUT2D eigenvalue weighted by Crippen LogP contribution is 2.31. The molecule has 0 aliphatic heterocycles. The van der Waals surface area contributed by atoms with Gasteiger partial charge in [-0.2, -0.15) is 0 Å². The van der Waals surface area contributed by atoms with Gasteiger partial charge in [0.05, 0.1) is 17.2 Å². The summed E-state index contributed by atoms with van der Waals surface area (Å²) in [6, 6.07) is 23.3. The van der Waals surface area contributed by atoms with Crippen LogP contribution in [0.1, 0.15) is 6.92 Å². The van der Waals surface area contributed by atoms with E-state index in [1.807, 2.05) is 83.6 Å². The van der Waals surface area contributed by atoms with E-state index in [1.54, 1.807) is 12.3 Å². The molecule has 0 fully saturated rings. The number of hydrogen-bond acceptors (Lipinski definition) is 7. The maximum atomic E-state index is 12.9. The Morgan fingerprint density at radius 2 is 1.79 bits per heavy atom. The third kappa shape index (κ3) is 4.59. The molecule has 164 valence electrons. The number of carbonyl (C=O) groups is 1. The third-order valence-electron chi connectivity index (χ3n) is 4.84. The minimum atomic E-state index is -0.426. The minimum absolute atomic E-state index is 0.156. The average Bonchev–Trinajstić information content (AvgIpc) is 3.61. The van der Waals surface area contributed by atoms with Crippen LogP contribution in [0, 0.1) is 0 Å². The van der Waals surface area contributed by atoms with Gasteiger partial charge >= 0.3 is 0 Å². The summed E-state index contributed by atoms with van der Waals surface area (Å²) in [5.41, 5.74) is 2.73. The fourth-order valence-corrected chi connectivity index (χ4v) is 4.80. The summed E-state index contributed by atoms with van der Waals surface area (Å²) in [5.74, 6) is 1.02. The SMILES string of the molecule is CC(Sc1nnc(-c2ccco2)n1-c1ccccc1)C(=O)Nc1nc(-c2ccccc2)cs1. The van der Waals surface area contributed by atoms with Gasteiger partial charge in [0.1, 0.15) is 0 Å². The van der Waals surface area contributed by atoms with Gasteiger partial charge in [0.2, 0.25) is 11.7 Å². The van der Waals surface area contributed by atoms with Gasteiger partial charge in [-0.25, -0.2) is 4.98 Å². The van der Waals surface area contributed by atoms with Crippen LogP contribution in [0.4, 0.5) is 5.13 Å². The first kappa shape index (κ1) is 21.2. The Morgan fingerprint density at radius 3 is 2.52 bits per heavy atom. The molecule has 0 aliphatic rings. The first-order valence-corrected chi connectivity index (χ1v) is 12.0. The van der Waals surface area contributed by atoms with E-state index in [9.17, 15) is 4.79 Å². The van der Waals surface area contributed by atoms with E-state index in [-0.39, 0.29) is 5.91 Å². The van der Waals surface area contributed by atoms with Crippen LogP contribution in [0.5, 0.6) is 0 Å². The van der Waals surface area contributed by atoms with Crippen molar-refractivity contribution in [3.63, 3.8) is 0 Å². The minimum Gasteiger partial charge on any atom is -0.461 e. The number of thioether (sulfide) groups is 1. The average molecular weight is 474 g/mol. The quantitative estimate of drug-likeness (QED) is 0.302. The lowest BCUT2D eigenvalue weighted by Gasteiger charge is -2.12. The second kappa shape index (κ2) is 9.43. The number of anilines is 1. The van der Waals surface area contributed by atoms with Gasteiger partial charge in [0.15, 0.2) is 16.0 Å². The molecule has 0 saturated heterocycles. The first-order chi connectivity index (χ1) is 16.2. The largest absolute Gasteiger partial charge is 0.461 e. The van der Waals surface area contributed by atoms with E-state index in [4.69, 9.17) is 4.42 Å². The smallest absolute Gasteiger partial charge is 0.239 e. The van der Waals surface area contributed by atoms with Gasteiger partial charge in [-0.05, 0) is 31.2 Å². The summed E-state index contributed by atoms with van der Waals surface area (Å²) in [7, 11) is 0. The second-order valence-electron chi connectivity index (χ2n) is 7.11. The summed E-state index contributed by atoms with van der Waals surface area (Å²) in [6.45, 7) is 1.84. The maximum Gasteiger partial charge on any atom is 0.239 e. The number of aromatic nitrogens is 4. The molecule has 1 amide bonds. The number of thiazole rings is 1. The summed E-state index contributed by atoms with van der Waals surface area (Å²) in [5, 5.41) is 14.3. The molecule has 1 N–H and O–H groups in total. The highest BCUT2D eigenvalue weighted by Gasteiger charge is 2.23. The Balaban J connectivity index is 1.35. The van der Waals surface area contributed by atoms with Gasteiger partial charge in [-0.1, -0.05) is 60.3 Å². The molecule has 0 aliphatic carbocycles. The maximum absolute atomic E-state index is 12.9. The molecule has 33 heavy (non-hydrogen) atoms. The van der Waals surface area contributed by atoms with Gasteiger partial charge in [-0.15, -0.1) is 21.5 Å². The zero-order chi connectivity index (χ0) is 22.6. The topological polar surface area (TPSA) is 85.8 Å². The Morgan fingerprint density at radius 1 is 1.03 bits per heavy atom. The van der Waals surface area contributed by atoms with Crippen molar-refractivity contribution in [3.8, 4) is 28.5 Å². The highest BCUT2D eigenvalue weighted by molar-refractivity contribution is 8.00. The van der Waals surface area contributed by atoms with Crippen molar-refractivity contribution < 1.29 is 9.21 Å². The fraction of sp³-hybridized carbons (Fsp3) is 0.0833. The molecular weight excluding hydrogens is 454 g/mol. The molecule has 0 bridgehead atoms. The predicted octanol–water partition coefficient (Wildman–Crippen LogP) is 5.77. The molecule has 3 aromatic heterocycles. The van der Waals surface area contributed by atoms with Gasteiger partial charge in [0, 0.05) is 16.6 Å². The van der Waals surface area contributed by atoms with Crippen LogP contribution < -0.4 is 5.32 Å². The number of amides is 1. The van der Waals surface area contributed by atoms with E-state index < -0.39 is 5.25 Å². The predicted molar refractivity (Wildman–Crippen MR) is 131 cm³/mol. The number of furan rings is 1. The lowest BCUT2D eigenvalue weighted by atomic mass is 10.2. The van der Waals surface area contributed by atoms with Crippen molar-refractivity contribution in [2.24, 2.45) is 0 Å². The molecule has 0 spiro atoms. The monoisotopic (exact) mass is 473 g/mol. The molecule has 0 saturated carbocycles. The van der Waals surface area contributed by atoms with E-state index >= 15 is 0 Å². The number of para-hydroxylation sites is 1. The normalized spacial score (nSPS) is 11.9. The number of carbonyl (C=O) groups excluding carboxylic acids is 1. The van der Waals surface area contributed by atoms with Crippen LogP contribution in [-0.2, 0) is 4.79 Å². The lowest BCUT2D eigenvalue weighted by Crippen LogP contribution is -2.22. The Bertz CT molecular complexity index is 1350. The standard InChI is InChI=1S/C24H19N5O2S2/c1-16(22(30)26-23-25-19(15-32-23)17-9-4-2-5-10-17)33-24-28-27-21(20-13-8-14-31-20)29(24)18-11-6-3-7-12-18/h2-16H,1H3,(H,25,26,30). The number of nitrogens with one attached hydrogen (secondary N) is 1. The molecule has 0 radical (unpaired) electrons. The molecule has 5 aromatic rings. The summed E-state index contributed by atoms with van der Waals surface area (Å²) in [4.78, 5) is 17.4. The first-order valence-electron chi connectivity index (χ1n) is 10.2. The molecule has 7 nitrogen and oxygen atoms in total. The summed E-state index contributed by atoms with van der Waals surface area (Å²) in [6.07, 6.45) is 1.60. The van der Waals surface area contributed by atoms with Gasteiger partial charge in [-0.3, -0.25) is 9.36 Å². The van der Waals surface area contributed by atoms with E-state index in [2.05, 4.69) is 20.5 Å². The lowest BCUT2D eigenvalue weighted by molar-refractivity contribution is -0.115. The molecule has 3 heterocycles. The number of rotatable bonds is 7. The van der Waals surface area contributed by atoms with Crippen molar-refractivity contribution in [3.05, 3.63) is 84.4 Å². The molecule has 2 aromatic carbocycles. The van der Waals surface area contributed by atoms with E-state index in [0.29, 0.717) is 21.9 Å². The van der Waals surface area contributed by atoms with Crippen molar-refractivity contribution in [2.45, 2.75) is 17.3 Å². The van der Waals surface area contributed by atoms with Crippen LogP contribution in [0.2, 0.25) is 0 Å². The van der Waals surface area contributed by atoms with Crippen LogP contribution in [-0.4, -0.2) is 30.9 Å². The number of nitrogens with zero attached hydrogens (tertiary/aromatic N) is 4. The number of benzene rings is 2. The van der Waals surface area contributed by atoms with Crippen LogP contribution in [0.15, 0.2) is 94.0 Å².